The number of hydrogen-bond donors (Lipinski definition) is 1. The second-order valence-corrected chi connectivity index (χ2v) is 4.24. The van der Waals surface area contributed by atoms with Crippen LogP contribution in [0.3, 0.4) is 0 Å². The van der Waals surface area contributed by atoms with Crippen molar-refractivity contribution >= 4 is 21.9 Å². The number of carboxylic acids is 1. The van der Waals surface area contributed by atoms with Gasteiger partial charge in [-0.15, -0.1) is 0 Å². The molecule has 16 heavy (non-hydrogen) atoms. The minimum absolute atomic E-state index is 0.211. The zero-order chi connectivity index (χ0) is 11.7. The maximum Gasteiger partial charge on any atom is 0.352 e. The van der Waals surface area contributed by atoms with Gasteiger partial charge in [-0.25, -0.2) is 4.79 Å². The van der Waals surface area contributed by atoms with Crippen molar-refractivity contribution < 1.29 is 9.90 Å². The van der Waals surface area contributed by atoms with Crippen molar-refractivity contribution in [2.45, 2.75) is 6.92 Å². The molecule has 0 aliphatic heterocycles. The van der Waals surface area contributed by atoms with Gasteiger partial charge in [0.15, 0.2) is 0 Å². The molecule has 0 unspecified atom stereocenters. The minimum Gasteiger partial charge on any atom is -0.477 e. The third-order valence-corrected chi connectivity index (χ3v) is 2.68. The molecule has 82 valence electrons. The van der Waals surface area contributed by atoms with E-state index >= 15 is 0 Å². The summed E-state index contributed by atoms with van der Waals surface area (Å²) >= 11 is 3.27. The minimum atomic E-state index is -0.964. The number of halogens is 1. The molecule has 4 nitrogen and oxygen atoms in total. The summed E-state index contributed by atoms with van der Waals surface area (Å²) in [6, 6.07) is 5.18. The predicted octanol–water partition coefficient (Wildman–Crippen LogP) is 2.64. The Morgan fingerprint density at radius 2 is 2.31 bits per heavy atom. The number of rotatable bonds is 2. The van der Waals surface area contributed by atoms with Gasteiger partial charge in [0.25, 0.3) is 0 Å². The normalized spacial score (nSPS) is 10.4. The topological polar surface area (TPSA) is 55.1 Å². The quantitative estimate of drug-likeness (QED) is 0.920. The fourth-order valence-electron chi connectivity index (χ4n) is 1.52. The lowest BCUT2D eigenvalue weighted by atomic mass is 10.3. The molecule has 0 aromatic carbocycles. The Bertz CT molecular complexity index is 549. The van der Waals surface area contributed by atoms with Gasteiger partial charge < -0.3 is 9.67 Å². The van der Waals surface area contributed by atoms with E-state index in [0.29, 0.717) is 0 Å². The van der Waals surface area contributed by atoms with Crippen LogP contribution < -0.4 is 0 Å². The van der Waals surface area contributed by atoms with Crippen LogP contribution in [0.4, 0.5) is 0 Å². The predicted molar refractivity (Wildman–Crippen MR) is 63.0 cm³/mol. The zero-order valence-corrected chi connectivity index (χ0v) is 10.1. The van der Waals surface area contributed by atoms with E-state index in [1.165, 1.54) is 0 Å². The molecule has 0 aliphatic carbocycles. The Balaban J connectivity index is 2.64. The molecule has 0 saturated carbocycles. The molecule has 2 rings (SSSR count). The smallest absolute Gasteiger partial charge is 0.352 e. The number of aryl methyl sites for hydroxylation is 1. The van der Waals surface area contributed by atoms with Gasteiger partial charge in [0, 0.05) is 16.9 Å². The summed E-state index contributed by atoms with van der Waals surface area (Å²) < 4.78 is 2.34. The van der Waals surface area contributed by atoms with Gasteiger partial charge in [-0.1, -0.05) is 0 Å². The van der Waals surface area contributed by atoms with E-state index in [9.17, 15) is 4.79 Å². The van der Waals surface area contributed by atoms with Crippen LogP contribution in [0.15, 0.2) is 35.1 Å². The molecule has 5 heteroatoms. The average Bonchev–Trinajstić information content (AvgIpc) is 2.61. The molecule has 2 aromatic heterocycles. The summed E-state index contributed by atoms with van der Waals surface area (Å²) in [5, 5.41) is 9.07. The van der Waals surface area contributed by atoms with Crippen LogP contribution in [0.2, 0.25) is 0 Å². The lowest BCUT2D eigenvalue weighted by Gasteiger charge is -2.08. The molecule has 0 amide bonds. The van der Waals surface area contributed by atoms with Crippen molar-refractivity contribution in [3.8, 4) is 5.69 Å². The van der Waals surface area contributed by atoms with E-state index in [4.69, 9.17) is 5.11 Å². The first kappa shape index (κ1) is 10.9. The zero-order valence-electron chi connectivity index (χ0n) is 8.51. The molecule has 1 N–H and O–H groups in total. The number of aromatic nitrogens is 2. The van der Waals surface area contributed by atoms with Gasteiger partial charge >= 0.3 is 5.97 Å². The third-order valence-electron chi connectivity index (χ3n) is 2.24. The lowest BCUT2D eigenvalue weighted by Crippen LogP contribution is -2.07. The van der Waals surface area contributed by atoms with Gasteiger partial charge in [0.1, 0.15) is 5.69 Å². The third kappa shape index (κ3) is 1.86. The van der Waals surface area contributed by atoms with Crippen molar-refractivity contribution in [3.05, 3.63) is 46.5 Å². The Kier molecular flexibility index (Phi) is 2.78. The standard InChI is InChI=1S/C11H9BrN2O2/c1-7-9(3-2-4-13-7)14-6-8(12)5-10(14)11(15)16/h2-6H,1H3,(H,15,16). The highest BCUT2D eigenvalue weighted by Gasteiger charge is 2.14. The molecule has 0 aliphatic rings. The van der Waals surface area contributed by atoms with E-state index in [-0.39, 0.29) is 5.69 Å². The molecule has 2 aromatic rings. The first-order chi connectivity index (χ1) is 7.59. The van der Waals surface area contributed by atoms with Crippen molar-refractivity contribution in [1.29, 1.82) is 0 Å². The molecule has 0 atom stereocenters. The van der Waals surface area contributed by atoms with Crippen molar-refractivity contribution in [1.82, 2.24) is 9.55 Å². The highest BCUT2D eigenvalue weighted by atomic mass is 79.9. The van der Waals surface area contributed by atoms with E-state index in [0.717, 1.165) is 15.9 Å². The van der Waals surface area contributed by atoms with Crippen LogP contribution in [0.5, 0.6) is 0 Å². The molecule has 0 saturated heterocycles. The maximum absolute atomic E-state index is 11.1. The van der Waals surface area contributed by atoms with Crippen molar-refractivity contribution in [2.24, 2.45) is 0 Å². The van der Waals surface area contributed by atoms with E-state index in [1.807, 2.05) is 13.0 Å². The van der Waals surface area contributed by atoms with Gasteiger partial charge in [-0.3, -0.25) is 4.98 Å². The Morgan fingerprint density at radius 1 is 1.56 bits per heavy atom. The number of pyridine rings is 1. The molecular formula is C11H9BrN2O2. The van der Waals surface area contributed by atoms with Gasteiger partial charge in [-0.05, 0) is 41.1 Å². The molecule has 0 spiro atoms. The summed E-state index contributed by atoms with van der Waals surface area (Å²) in [4.78, 5) is 15.2. The van der Waals surface area contributed by atoms with Crippen LogP contribution in [0.1, 0.15) is 16.2 Å². The highest BCUT2D eigenvalue weighted by molar-refractivity contribution is 9.10. The van der Waals surface area contributed by atoms with E-state index in [2.05, 4.69) is 20.9 Å². The number of hydrogen-bond acceptors (Lipinski definition) is 2. The van der Waals surface area contributed by atoms with Crippen molar-refractivity contribution in [2.75, 3.05) is 0 Å². The number of nitrogens with zero attached hydrogens (tertiary/aromatic N) is 2. The fourth-order valence-corrected chi connectivity index (χ4v) is 1.95. The summed E-state index contributed by atoms with van der Waals surface area (Å²) in [6.07, 6.45) is 3.39. The number of carbonyl (C=O) groups is 1. The van der Waals surface area contributed by atoms with E-state index in [1.54, 1.807) is 29.1 Å². The van der Waals surface area contributed by atoms with Crippen LogP contribution in [-0.4, -0.2) is 20.6 Å². The Labute approximate surface area is 101 Å². The lowest BCUT2D eigenvalue weighted by molar-refractivity contribution is 0.0688. The molecule has 2 heterocycles. The second-order valence-electron chi connectivity index (χ2n) is 3.33. The monoisotopic (exact) mass is 280 g/mol. The molecule has 0 bridgehead atoms. The largest absolute Gasteiger partial charge is 0.477 e. The average molecular weight is 281 g/mol. The van der Waals surface area contributed by atoms with Gasteiger partial charge in [0.2, 0.25) is 0 Å². The fraction of sp³-hybridized carbons (Fsp3) is 0.0909. The Hall–Kier alpha value is -1.62. The van der Waals surface area contributed by atoms with Gasteiger partial charge in [0.05, 0.1) is 11.4 Å². The molecule has 0 fully saturated rings. The SMILES string of the molecule is Cc1ncccc1-n1cc(Br)cc1C(=O)O. The number of aromatic carboxylic acids is 1. The first-order valence-corrected chi connectivity index (χ1v) is 5.42. The van der Waals surface area contributed by atoms with Crippen molar-refractivity contribution in [3.63, 3.8) is 0 Å². The second kappa shape index (κ2) is 4.09. The maximum atomic E-state index is 11.1. The summed E-state index contributed by atoms with van der Waals surface area (Å²) in [6.45, 7) is 1.84. The van der Waals surface area contributed by atoms with Crippen LogP contribution in [0.25, 0.3) is 5.69 Å². The first-order valence-electron chi connectivity index (χ1n) is 4.63. The summed E-state index contributed by atoms with van der Waals surface area (Å²) in [7, 11) is 0. The Morgan fingerprint density at radius 3 is 2.94 bits per heavy atom. The van der Waals surface area contributed by atoms with E-state index < -0.39 is 5.97 Å². The van der Waals surface area contributed by atoms with Crippen LogP contribution in [0, 0.1) is 6.92 Å². The van der Waals surface area contributed by atoms with Crippen LogP contribution in [-0.2, 0) is 0 Å². The summed E-state index contributed by atoms with van der Waals surface area (Å²) in [5.41, 5.74) is 1.77. The number of carboxylic acid groups (broad SMARTS) is 1. The van der Waals surface area contributed by atoms with Gasteiger partial charge in [-0.2, -0.15) is 0 Å². The highest BCUT2D eigenvalue weighted by Crippen LogP contribution is 2.21. The van der Waals surface area contributed by atoms with Crippen LogP contribution >= 0.6 is 15.9 Å². The molecule has 0 radical (unpaired) electrons. The molecular weight excluding hydrogens is 272 g/mol. The summed E-state index contributed by atoms with van der Waals surface area (Å²) in [5.74, 6) is -0.964.